The van der Waals surface area contributed by atoms with Gasteiger partial charge in [-0.05, 0) is 24.3 Å². The quantitative estimate of drug-likeness (QED) is 0.395. The predicted octanol–water partition coefficient (Wildman–Crippen LogP) is 2.71. The van der Waals surface area contributed by atoms with Gasteiger partial charge in [0.2, 0.25) is 0 Å². The third-order valence-electron chi connectivity index (χ3n) is 2.80. The molecule has 0 spiro atoms. The molecule has 0 aromatic heterocycles. The molecule has 0 aliphatic heterocycles. The number of amidine groups is 1. The molecule has 7 heteroatoms. The number of hydrogen-bond donors (Lipinski definition) is 2. The van der Waals surface area contributed by atoms with E-state index >= 15 is 0 Å². The summed E-state index contributed by atoms with van der Waals surface area (Å²) < 4.78 is 30.6. The maximum absolute atomic E-state index is 13.8. The molecule has 1 unspecified atom stereocenters. The number of halogens is 1. The zero-order chi connectivity index (χ0) is 15.5. The highest BCUT2D eigenvalue weighted by Gasteiger charge is 2.14. The van der Waals surface area contributed by atoms with Gasteiger partial charge < -0.3 is 10.9 Å². The number of hydrogen-bond acceptors (Lipinski definition) is 4. The van der Waals surface area contributed by atoms with Gasteiger partial charge in [0.05, 0.1) is 20.3 Å². The SMILES string of the molecule is CS(=O)(=Nc1ccccc1C(N)=NO)c1ccccc1F. The van der Waals surface area contributed by atoms with E-state index in [-0.39, 0.29) is 16.4 Å². The summed E-state index contributed by atoms with van der Waals surface area (Å²) in [4.78, 5) is 0.0133. The largest absolute Gasteiger partial charge is 0.409 e. The summed E-state index contributed by atoms with van der Waals surface area (Å²) in [5, 5.41) is 11.7. The van der Waals surface area contributed by atoms with Crippen LogP contribution in [0.3, 0.4) is 0 Å². The van der Waals surface area contributed by atoms with Crippen LogP contribution < -0.4 is 5.73 Å². The summed E-state index contributed by atoms with van der Waals surface area (Å²) in [5.41, 5.74) is 6.15. The minimum Gasteiger partial charge on any atom is -0.409 e. The Bertz CT molecular complexity index is 811. The number of oxime groups is 1. The van der Waals surface area contributed by atoms with Gasteiger partial charge in [-0.25, -0.2) is 8.60 Å². The van der Waals surface area contributed by atoms with Gasteiger partial charge in [-0.15, -0.1) is 0 Å². The van der Waals surface area contributed by atoms with Gasteiger partial charge in [-0.2, -0.15) is 4.36 Å². The van der Waals surface area contributed by atoms with Crippen molar-refractivity contribution in [1.29, 1.82) is 0 Å². The van der Waals surface area contributed by atoms with Crippen molar-refractivity contribution in [2.24, 2.45) is 15.3 Å². The van der Waals surface area contributed by atoms with Crippen LogP contribution in [-0.2, 0) is 9.73 Å². The Kier molecular flexibility index (Phi) is 4.23. The molecule has 0 saturated heterocycles. The average Bonchev–Trinajstić information content (AvgIpc) is 2.47. The Morgan fingerprint density at radius 2 is 1.81 bits per heavy atom. The van der Waals surface area contributed by atoms with Crippen molar-refractivity contribution in [3.63, 3.8) is 0 Å². The van der Waals surface area contributed by atoms with E-state index in [4.69, 9.17) is 10.9 Å². The summed E-state index contributed by atoms with van der Waals surface area (Å²) in [7, 11) is -3.00. The first-order chi connectivity index (χ1) is 9.95. The summed E-state index contributed by atoms with van der Waals surface area (Å²) >= 11 is 0. The molecular formula is C14H14FN3O2S. The lowest BCUT2D eigenvalue weighted by Gasteiger charge is -2.08. The summed E-state index contributed by atoms with van der Waals surface area (Å²) in [6.07, 6.45) is 1.34. The highest BCUT2D eigenvalue weighted by Crippen LogP contribution is 2.24. The highest BCUT2D eigenvalue weighted by molar-refractivity contribution is 7.93. The van der Waals surface area contributed by atoms with Gasteiger partial charge in [-0.1, -0.05) is 29.4 Å². The highest BCUT2D eigenvalue weighted by atomic mass is 32.2. The van der Waals surface area contributed by atoms with Gasteiger partial charge in [0.25, 0.3) is 0 Å². The van der Waals surface area contributed by atoms with Gasteiger partial charge >= 0.3 is 0 Å². The number of nitrogens with two attached hydrogens (primary N) is 1. The van der Waals surface area contributed by atoms with E-state index in [2.05, 4.69) is 9.52 Å². The van der Waals surface area contributed by atoms with Gasteiger partial charge in [0.15, 0.2) is 5.84 Å². The molecule has 0 aliphatic rings. The van der Waals surface area contributed by atoms with E-state index in [1.807, 2.05) is 0 Å². The molecule has 0 saturated carbocycles. The van der Waals surface area contributed by atoms with Crippen LogP contribution in [0.15, 0.2) is 62.9 Å². The third kappa shape index (κ3) is 3.19. The van der Waals surface area contributed by atoms with Crippen molar-refractivity contribution in [3.05, 3.63) is 59.9 Å². The Morgan fingerprint density at radius 3 is 2.48 bits per heavy atom. The zero-order valence-electron chi connectivity index (χ0n) is 11.2. The van der Waals surface area contributed by atoms with Crippen molar-refractivity contribution in [2.75, 3.05) is 6.26 Å². The second kappa shape index (κ2) is 5.92. The molecule has 0 heterocycles. The van der Waals surface area contributed by atoms with E-state index in [9.17, 15) is 8.60 Å². The van der Waals surface area contributed by atoms with Crippen LogP contribution in [0.25, 0.3) is 0 Å². The lowest BCUT2D eigenvalue weighted by atomic mass is 10.2. The fourth-order valence-corrected chi connectivity index (χ4v) is 3.21. The molecule has 110 valence electrons. The zero-order valence-corrected chi connectivity index (χ0v) is 12.0. The minimum atomic E-state index is -3.00. The van der Waals surface area contributed by atoms with Crippen molar-refractivity contribution in [3.8, 4) is 0 Å². The number of nitrogens with zero attached hydrogens (tertiary/aromatic N) is 2. The van der Waals surface area contributed by atoms with E-state index in [0.29, 0.717) is 5.56 Å². The van der Waals surface area contributed by atoms with Crippen LogP contribution in [-0.4, -0.2) is 21.5 Å². The second-order valence-corrected chi connectivity index (χ2v) is 6.55. The summed E-state index contributed by atoms with van der Waals surface area (Å²) in [6.45, 7) is 0. The Labute approximate surface area is 122 Å². The van der Waals surface area contributed by atoms with E-state index < -0.39 is 15.5 Å². The molecule has 1 atom stereocenters. The predicted molar refractivity (Wildman–Crippen MR) is 79.8 cm³/mol. The van der Waals surface area contributed by atoms with E-state index in [1.54, 1.807) is 30.3 Å². The molecule has 2 aromatic rings. The molecule has 2 rings (SSSR count). The van der Waals surface area contributed by atoms with Crippen LogP contribution in [0.2, 0.25) is 0 Å². The Morgan fingerprint density at radius 1 is 1.19 bits per heavy atom. The van der Waals surface area contributed by atoms with Gasteiger partial charge in [0.1, 0.15) is 5.82 Å². The maximum atomic E-state index is 13.8. The van der Waals surface area contributed by atoms with Crippen molar-refractivity contribution in [2.45, 2.75) is 4.90 Å². The second-order valence-electron chi connectivity index (χ2n) is 4.33. The monoisotopic (exact) mass is 307 g/mol. The standard InChI is InChI=1S/C14H14FN3O2S/c1-21(20,13-9-5-3-7-11(13)15)18-12-8-4-2-6-10(12)14(16)17-19/h2-9,19H,1H3,(H2,16,17). The first-order valence-electron chi connectivity index (χ1n) is 5.99. The lowest BCUT2D eigenvalue weighted by molar-refractivity contribution is 0.318. The van der Waals surface area contributed by atoms with Crippen molar-refractivity contribution in [1.82, 2.24) is 0 Å². The third-order valence-corrected chi connectivity index (χ3v) is 4.50. The van der Waals surface area contributed by atoms with Crippen LogP contribution in [0, 0.1) is 5.82 Å². The van der Waals surface area contributed by atoms with E-state index in [0.717, 1.165) is 0 Å². The number of benzene rings is 2. The average molecular weight is 307 g/mol. The number of rotatable bonds is 3. The minimum absolute atomic E-state index is 0.0133. The fourth-order valence-electron chi connectivity index (χ4n) is 1.81. The maximum Gasteiger partial charge on any atom is 0.172 e. The molecule has 0 fully saturated rings. The molecule has 0 aliphatic carbocycles. The summed E-state index contributed by atoms with van der Waals surface area (Å²) in [6, 6.07) is 12.2. The van der Waals surface area contributed by atoms with E-state index in [1.165, 1.54) is 24.5 Å². The van der Waals surface area contributed by atoms with Crippen LogP contribution >= 0.6 is 0 Å². The molecule has 0 amide bonds. The molecule has 3 N–H and O–H groups in total. The smallest absolute Gasteiger partial charge is 0.172 e. The fraction of sp³-hybridized carbons (Fsp3) is 0.0714. The van der Waals surface area contributed by atoms with Crippen molar-refractivity contribution >= 4 is 21.3 Å². The first-order valence-corrected chi connectivity index (χ1v) is 7.91. The van der Waals surface area contributed by atoms with Crippen LogP contribution in [0.1, 0.15) is 5.56 Å². The normalized spacial score (nSPS) is 14.5. The molecule has 0 radical (unpaired) electrons. The van der Waals surface area contributed by atoms with Gasteiger partial charge in [0, 0.05) is 11.8 Å². The van der Waals surface area contributed by atoms with Crippen LogP contribution in [0.4, 0.5) is 10.1 Å². The lowest BCUT2D eigenvalue weighted by Crippen LogP contribution is -2.13. The molecule has 5 nitrogen and oxygen atoms in total. The Hall–Kier alpha value is -2.41. The molecule has 0 bridgehead atoms. The topological polar surface area (TPSA) is 88.0 Å². The molecule has 2 aromatic carbocycles. The molecule has 21 heavy (non-hydrogen) atoms. The molecular weight excluding hydrogens is 293 g/mol. The first kappa shape index (κ1) is 15.0. The van der Waals surface area contributed by atoms with Crippen molar-refractivity contribution < 1.29 is 13.8 Å². The van der Waals surface area contributed by atoms with Gasteiger partial charge in [-0.3, -0.25) is 0 Å². The Balaban J connectivity index is 2.64. The van der Waals surface area contributed by atoms with Crippen LogP contribution in [0.5, 0.6) is 0 Å². The summed E-state index contributed by atoms with van der Waals surface area (Å²) in [5.74, 6) is -0.742.